The van der Waals surface area contributed by atoms with Gasteiger partial charge in [-0.25, -0.2) is 4.79 Å². The second-order valence-electron chi connectivity index (χ2n) is 5.45. The Morgan fingerprint density at radius 2 is 1.74 bits per heavy atom. The third-order valence-electron chi connectivity index (χ3n) is 3.39. The maximum absolute atomic E-state index is 11.1. The highest BCUT2D eigenvalue weighted by Gasteiger charge is 2.36. The van der Waals surface area contributed by atoms with Crippen LogP contribution in [0, 0.1) is 0 Å². The fourth-order valence-corrected chi connectivity index (χ4v) is 1.93. The molecule has 2 rings (SSSR count). The standard InChI is InChI=1S/C9H11NO.C8H9NO7/c1-10-6-8-2-4-9(7-11)5-3-8;10-3-4(11)7(14)8(15)16-9-5(12)1-2-6(9)13/h2-5,7,10H,6H2,1H3;3-4,7,11,14H,1-2H2. The van der Waals surface area contributed by atoms with Crippen LogP contribution in [0.4, 0.5) is 0 Å². The number of nitrogens with zero attached hydrogens (tertiary/aromatic N) is 1. The van der Waals surface area contributed by atoms with Gasteiger partial charge in [-0.2, -0.15) is 0 Å². The molecule has 1 aromatic carbocycles. The van der Waals surface area contributed by atoms with Gasteiger partial charge in [-0.1, -0.05) is 24.3 Å². The van der Waals surface area contributed by atoms with Crippen LogP contribution in [0.15, 0.2) is 24.3 Å². The van der Waals surface area contributed by atoms with Gasteiger partial charge in [0.25, 0.3) is 11.8 Å². The molecule has 1 saturated heterocycles. The van der Waals surface area contributed by atoms with E-state index in [-0.39, 0.29) is 24.2 Å². The lowest BCUT2D eigenvalue weighted by Crippen LogP contribution is -2.41. The molecular formula is C17H20N2O8. The molecule has 0 radical (unpaired) electrons. The molecule has 2 unspecified atom stereocenters. The molecule has 10 nitrogen and oxygen atoms in total. The predicted octanol–water partition coefficient (Wildman–Crippen LogP) is -1.27. The van der Waals surface area contributed by atoms with E-state index in [0.717, 1.165) is 18.4 Å². The number of benzene rings is 1. The molecule has 10 heteroatoms. The molecule has 1 aromatic rings. The number of nitrogens with one attached hydrogen (secondary N) is 1. The summed E-state index contributed by atoms with van der Waals surface area (Å²) < 4.78 is 0. The highest BCUT2D eigenvalue weighted by Crippen LogP contribution is 2.13. The number of aliphatic hydroxyl groups excluding tert-OH is 2. The number of hydroxylamine groups is 2. The second-order valence-corrected chi connectivity index (χ2v) is 5.45. The first-order valence-corrected chi connectivity index (χ1v) is 7.91. The Labute approximate surface area is 154 Å². The maximum atomic E-state index is 11.1. The Morgan fingerprint density at radius 3 is 2.19 bits per heavy atom. The number of hydrogen-bond acceptors (Lipinski definition) is 9. The quantitative estimate of drug-likeness (QED) is 0.389. The first kappa shape index (κ1) is 22.1. The van der Waals surface area contributed by atoms with Gasteiger partial charge in [0.1, 0.15) is 12.4 Å². The van der Waals surface area contributed by atoms with E-state index in [2.05, 4.69) is 10.2 Å². The van der Waals surface area contributed by atoms with Gasteiger partial charge in [-0.15, -0.1) is 5.06 Å². The molecule has 1 aliphatic rings. The van der Waals surface area contributed by atoms with E-state index in [1.807, 2.05) is 31.3 Å². The average molecular weight is 380 g/mol. The lowest BCUT2D eigenvalue weighted by atomic mass is 10.1. The second kappa shape index (κ2) is 10.9. The summed E-state index contributed by atoms with van der Waals surface area (Å²) in [7, 11) is 1.90. The SMILES string of the molecule is CNCc1ccc(C=O)cc1.O=CC(O)C(O)C(=O)ON1C(=O)CCC1=O. The van der Waals surface area contributed by atoms with E-state index >= 15 is 0 Å². The molecule has 0 saturated carbocycles. The summed E-state index contributed by atoms with van der Waals surface area (Å²) in [6.07, 6.45) is -3.47. The van der Waals surface area contributed by atoms with Gasteiger partial charge in [-0.3, -0.25) is 14.4 Å². The van der Waals surface area contributed by atoms with Crippen molar-refractivity contribution in [2.45, 2.75) is 31.6 Å². The molecule has 2 amide bonds. The number of aldehydes is 2. The number of carbonyl (C=O) groups is 5. The Morgan fingerprint density at radius 1 is 1.19 bits per heavy atom. The first-order chi connectivity index (χ1) is 12.8. The minimum Gasteiger partial charge on any atom is -0.382 e. The van der Waals surface area contributed by atoms with Crippen molar-refractivity contribution in [3.05, 3.63) is 35.4 Å². The summed E-state index contributed by atoms with van der Waals surface area (Å²) in [5.74, 6) is -2.87. The van der Waals surface area contributed by atoms with Gasteiger partial charge >= 0.3 is 5.97 Å². The fraction of sp³-hybridized carbons (Fsp3) is 0.353. The molecule has 1 aliphatic heterocycles. The van der Waals surface area contributed by atoms with Crippen LogP contribution in [-0.2, 0) is 30.6 Å². The lowest BCUT2D eigenvalue weighted by molar-refractivity contribution is -0.206. The minimum atomic E-state index is -2.13. The van der Waals surface area contributed by atoms with Crippen LogP contribution in [0.5, 0.6) is 0 Å². The zero-order chi connectivity index (χ0) is 20.4. The third-order valence-corrected chi connectivity index (χ3v) is 3.39. The monoisotopic (exact) mass is 380 g/mol. The fourth-order valence-electron chi connectivity index (χ4n) is 1.93. The summed E-state index contributed by atoms with van der Waals surface area (Å²) in [5, 5.41) is 21.1. The molecule has 2 atom stereocenters. The normalized spacial score (nSPS) is 15.4. The zero-order valence-corrected chi connectivity index (χ0v) is 14.5. The van der Waals surface area contributed by atoms with Crippen molar-refractivity contribution in [1.82, 2.24) is 10.4 Å². The van der Waals surface area contributed by atoms with Crippen molar-refractivity contribution in [3.8, 4) is 0 Å². The molecule has 3 N–H and O–H groups in total. The van der Waals surface area contributed by atoms with Crippen LogP contribution < -0.4 is 5.32 Å². The predicted molar refractivity (Wildman–Crippen MR) is 89.8 cm³/mol. The van der Waals surface area contributed by atoms with Crippen molar-refractivity contribution in [3.63, 3.8) is 0 Å². The average Bonchev–Trinajstić information content (AvgIpc) is 3.00. The lowest BCUT2D eigenvalue weighted by Gasteiger charge is -2.16. The minimum absolute atomic E-state index is 0.0699. The van der Waals surface area contributed by atoms with E-state index in [0.29, 0.717) is 0 Å². The number of hydrogen-bond donors (Lipinski definition) is 3. The van der Waals surface area contributed by atoms with Gasteiger partial charge in [-0.05, 0) is 12.6 Å². The summed E-state index contributed by atoms with van der Waals surface area (Å²) in [6.45, 7) is 0.846. The molecule has 0 aliphatic carbocycles. The van der Waals surface area contributed by atoms with Crippen molar-refractivity contribution in [2.75, 3.05) is 7.05 Å². The van der Waals surface area contributed by atoms with Gasteiger partial charge in [0.15, 0.2) is 12.4 Å². The number of aliphatic hydroxyl groups is 2. The van der Waals surface area contributed by atoms with E-state index in [1.54, 1.807) is 0 Å². The number of carbonyl (C=O) groups excluding carboxylic acids is 5. The van der Waals surface area contributed by atoms with Crippen molar-refractivity contribution < 1.29 is 39.0 Å². The largest absolute Gasteiger partial charge is 0.382 e. The van der Waals surface area contributed by atoms with Crippen LogP contribution in [0.2, 0.25) is 0 Å². The van der Waals surface area contributed by atoms with Gasteiger partial charge in [0.2, 0.25) is 0 Å². The van der Waals surface area contributed by atoms with Crippen molar-refractivity contribution in [1.29, 1.82) is 0 Å². The summed E-state index contributed by atoms with van der Waals surface area (Å²) in [6, 6.07) is 7.53. The first-order valence-electron chi connectivity index (χ1n) is 7.91. The topological polar surface area (TPSA) is 150 Å². The number of rotatable bonds is 7. The van der Waals surface area contributed by atoms with E-state index in [1.165, 1.54) is 5.56 Å². The molecule has 0 spiro atoms. The molecule has 1 fully saturated rings. The molecule has 1 heterocycles. The van der Waals surface area contributed by atoms with Gasteiger partial charge < -0.3 is 25.2 Å². The van der Waals surface area contributed by atoms with E-state index in [9.17, 15) is 24.0 Å². The third kappa shape index (κ3) is 6.70. The molecule has 0 aromatic heterocycles. The van der Waals surface area contributed by atoms with Crippen LogP contribution in [0.1, 0.15) is 28.8 Å². The molecule has 146 valence electrons. The van der Waals surface area contributed by atoms with Crippen LogP contribution in [0.3, 0.4) is 0 Å². The Kier molecular flexibility index (Phi) is 8.93. The highest BCUT2D eigenvalue weighted by molar-refractivity contribution is 6.01. The number of imide groups is 1. The summed E-state index contributed by atoms with van der Waals surface area (Å²) in [5.41, 5.74) is 1.92. The van der Waals surface area contributed by atoms with Crippen LogP contribution in [0.25, 0.3) is 0 Å². The molecule has 27 heavy (non-hydrogen) atoms. The van der Waals surface area contributed by atoms with Crippen molar-refractivity contribution in [2.24, 2.45) is 0 Å². The van der Waals surface area contributed by atoms with Gasteiger partial charge in [0.05, 0.1) is 0 Å². The highest BCUT2D eigenvalue weighted by atomic mass is 16.7. The number of amides is 2. The van der Waals surface area contributed by atoms with E-state index in [4.69, 9.17) is 10.2 Å². The van der Waals surface area contributed by atoms with Crippen LogP contribution in [-0.4, -0.2) is 64.9 Å². The Hall–Kier alpha value is -2.95. The van der Waals surface area contributed by atoms with Gasteiger partial charge in [0, 0.05) is 24.9 Å². The molecular weight excluding hydrogens is 360 g/mol. The summed E-state index contributed by atoms with van der Waals surface area (Å²) in [4.78, 5) is 57.6. The summed E-state index contributed by atoms with van der Waals surface area (Å²) >= 11 is 0. The Balaban J connectivity index is 0.000000289. The zero-order valence-electron chi connectivity index (χ0n) is 14.5. The van der Waals surface area contributed by atoms with E-state index < -0.39 is 30.0 Å². The van der Waals surface area contributed by atoms with Crippen LogP contribution >= 0.6 is 0 Å². The smallest absolute Gasteiger partial charge is 0.364 e. The maximum Gasteiger partial charge on any atom is 0.364 e. The van der Waals surface area contributed by atoms with Crippen molar-refractivity contribution >= 4 is 30.4 Å². The Bertz CT molecular complexity index is 673. The molecule has 0 bridgehead atoms.